The number of esters is 1. The number of nitrogens with one attached hydrogen (secondary N) is 4. The number of aromatic nitrogens is 1. The van der Waals surface area contributed by atoms with Gasteiger partial charge in [-0.2, -0.15) is 0 Å². The Kier molecular flexibility index (Phi) is 6.53. The maximum absolute atomic E-state index is 12.5. The molecule has 0 spiro atoms. The standard InChI is InChI=1S/C18H22N4O5/c1-10(16(24)22-18(26)19-3)27-17(25)15(21-11(2)23)8-12-9-20-14-7-5-4-6-13(12)14/h4-7,9-10,15,20H,8H2,1-3H3,(H,21,23)(H2,19,22,24,26)/t10-,15-/m0/s1. The van der Waals surface area contributed by atoms with E-state index >= 15 is 0 Å². The Morgan fingerprint density at radius 3 is 2.56 bits per heavy atom. The third-order valence-corrected chi connectivity index (χ3v) is 3.89. The number of fused-ring (bicyclic) bond motifs is 1. The first kappa shape index (κ1) is 20.0. The molecule has 0 bridgehead atoms. The summed E-state index contributed by atoms with van der Waals surface area (Å²) in [6, 6.07) is 5.87. The highest BCUT2D eigenvalue weighted by Crippen LogP contribution is 2.19. The van der Waals surface area contributed by atoms with Crippen molar-refractivity contribution < 1.29 is 23.9 Å². The molecule has 0 unspecified atom stereocenters. The van der Waals surface area contributed by atoms with E-state index in [1.807, 2.05) is 29.6 Å². The molecule has 0 radical (unpaired) electrons. The fraction of sp³-hybridized carbons (Fsp3) is 0.333. The lowest BCUT2D eigenvalue weighted by molar-refractivity contribution is -0.157. The van der Waals surface area contributed by atoms with Crippen molar-refractivity contribution in [2.24, 2.45) is 0 Å². The molecule has 4 N–H and O–H groups in total. The summed E-state index contributed by atoms with van der Waals surface area (Å²) >= 11 is 0. The Hall–Kier alpha value is -3.36. The van der Waals surface area contributed by atoms with Gasteiger partial charge in [-0.05, 0) is 18.6 Å². The van der Waals surface area contributed by atoms with Crippen molar-refractivity contribution in [1.29, 1.82) is 0 Å². The second-order valence-electron chi connectivity index (χ2n) is 5.96. The average molecular weight is 374 g/mol. The molecule has 1 heterocycles. The predicted octanol–water partition coefficient (Wildman–Crippen LogP) is 0.602. The number of para-hydroxylation sites is 1. The average Bonchev–Trinajstić information content (AvgIpc) is 3.03. The first-order chi connectivity index (χ1) is 12.8. The summed E-state index contributed by atoms with van der Waals surface area (Å²) in [4.78, 5) is 50.1. The minimum Gasteiger partial charge on any atom is -0.451 e. The minimum absolute atomic E-state index is 0.187. The molecule has 2 atom stereocenters. The maximum atomic E-state index is 12.5. The number of hydrogen-bond acceptors (Lipinski definition) is 5. The molecule has 2 aromatic rings. The molecule has 0 aliphatic heterocycles. The second kappa shape index (κ2) is 8.84. The Morgan fingerprint density at radius 1 is 1.19 bits per heavy atom. The van der Waals surface area contributed by atoms with Crippen LogP contribution in [-0.2, 0) is 25.5 Å². The van der Waals surface area contributed by atoms with Gasteiger partial charge in [0.1, 0.15) is 6.04 Å². The van der Waals surface area contributed by atoms with E-state index in [2.05, 4.69) is 15.6 Å². The third-order valence-electron chi connectivity index (χ3n) is 3.89. The molecule has 0 aliphatic carbocycles. The van der Waals surface area contributed by atoms with Crippen LogP contribution in [0.3, 0.4) is 0 Å². The molecule has 0 saturated carbocycles. The number of H-pyrrole nitrogens is 1. The monoisotopic (exact) mass is 374 g/mol. The van der Waals surface area contributed by atoms with E-state index in [-0.39, 0.29) is 6.42 Å². The van der Waals surface area contributed by atoms with Crippen molar-refractivity contribution in [3.05, 3.63) is 36.0 Å². The SMILES string of the molecule is CNC(=O)NC(=O)[C@H](C)OC(=O)[C@H](Cc1c[nH]c2ccccc12)NC(C)=O. The van der Waals surface area contributed by atoms with Crippen LogP contribution in [-0.4, -0.2) is 48.0 Å². The number of ether oxygens (including phenoxy) is 1. The quantitative estimate of drug-likeness (QED) is 0.550. The Bertz CT molecular complexity index is 860. The van der Waals surface area contributed by atoms with Gasteiger partial charge < -0.3 is 20.4 Å². The molecule has 0 fully saturated rings. The van der Waals surface area contributed by atoms with Crippen LogP contribution in [0.2, 0.25) is 0 Å². The zero-order chi connectivity index (χ0) is 20.0. The maximum Gasteiger partial charge on any atom is 0.329 e. The lowest BCUT2D eigenvalue weighted by atomic mass is 10.0. The molecule has 144 valence electrons. The Labute approximate surface area is 155 Å². The summed E-state index contributed by atoms with van der Waals surface area (Å²) in [6.45, 7) is 2.63. The van der Waals surface area contributed by atoms with Crippen molar-refractivity contribution in [2.75, 3.05) is 7.05 Å². The van der Waals surface area contributed by atoms with Gasteiger partial charge in [-0.25, -0.2) is 9.59 Å². The molecule has 2 rings (SSSR count). The van der Waals surface area contributed by atoms with Gasteiger partial charge in [0.2, 0.25) is 5.91 Å². The molecule has 1 aromatic heterocycles. The first-order valence-corrected chi connectivity index (χ1v) is 8.37. The summed E-state index contributed by atoms with van der Waals surface area (Å²) in [5.74, 6) is -1.94. The second-order valence-corrected chi connectivity index (χ2v) is 5.96. The van der Waals surface area contributed by atoms with Crippen molar-refractivity contribution in [1.82, 2.24) is 20.9 Å². The number of urea groups is 1. The Morgan fingerprint density at radius 2 is 1.89 bits per heavy atom. The molecule has 1 aromatic carbocycles. The summed E-state index contributed by atoms with van der Waals surface area (Å²) in [7, 11) is 1.35. The predicted molar refractivity (Wildman–Crippen MR) is 97.8 cm³/mol. The van der Waals surface area contributed by atoms with E-state index < -0.39 is 36.0 Å². The van der Waals surface area contributed by atoms with Gasteiger partial charge in [0, 0.05) is 37.5 Å². The molecule has 27 heavy (non-hydrogen) atoms. The number of hydrogen-bond donors (Lipinski definition) is 4. The first-order valence-electron chi connectivity index (χ1n) is 8.37. The van der Waals surface area contributed by atoms with E-state index in [4.69, 9.17) is 4.74 Å². The van der Waals surface area contributed by atoms with Crippen LogP contribution >= 0.6 is 0 Å². The van der Waals surface area contributed by atoms with Crippen LogP contribution in [0.15, 0.2) is 30.5 Å². The normalized spacial score (nSPS) is 12.7. The summed E-state index contributed by atoms with van der Waals surface area (Å²) < 4.78 is 5.13. The highest BCUT2D eigenvalue weighted by Gasteiger charge is 2.27. The summed E-state index contributed by atoms with van der Waals surface area (Å²) in [5.41, 5.74) is 1.73. The van der Waals surface area contributed by atoms with E-state index in [0.29, 0.717) is 0 Å². The van der Waals surface area contributed by atoms with E-state index in [9.17, 15) is 19.2 Å². The number of imide groups is 1. The van der Waals surface area contributed by atoms with Crippen LogP contribution in [0.4, 0.5) is 4.79 Å². The lowest BCUT2D eigenvalue weighted by Crippen LogP contribution is -2.47. The van der Waals surface area contributed by atoms with Gasteiger partial charge >= 0.3 is 12.0 Å². The molecular weight excluding hydrogens is 352 g/mol. The van der Waals surface area contributed by atoms with E-state index in [1.165, 1.54) is 20.9 Å². The summed E-state index contributed by atoms with van der Waals surface area (Å²) in [5, 5.41) is 7.72. The van der Waals surface area contributed by atoms with Gasteiger partial charge in [0.05, 0.1) is 0 Å². The van der Waals surface area contributed by atoms with Crippen LogP contribution in [0.25, 0.3) is 10.9 Å². The third kappa shape index (κ3) is 5.30. The van der Waals surface area contributed by atoms with E-state index in [0.717, 1.165) is 16.5 Å². The highest BCUT2D eigenvalue weighted by molar-refractivity contribution is 5.97. The van der Waals surface area contributed by atoms with Gasteiger partial charge in [0.15, 0.2) is 6.10 Å². The van der Waals surface area contributed by atoms with Crippen molar-refractivity contribution >= 4 is 34.7 Å². The number of aromatic amines is 1. The van der Waals surface area contributed by atoms with Crippen molar-refractivity contribution in [3.8, 4) is 0 Å². The van der Waals surface area contributed by atoms with Crippen LogP contribution in [0.5, 0.6) is 0 Å². The van der Waals surface area contributed by atoms with Gasteiger partial charge in [0.25, 0.3) is 5.91 Å². The number of benzene rings is 1. The molecule has 4 amide bonds. The van der Waals surface area contributed by atoms with Crippen molar-refractivity contribution in [2.45, 2.75) is 32.4 Å². The topological polar surface area (TPSA) is 129 Å². The Balaban J connectivity index is 2.10. The molecular formula is C18H22N4O5. The molecule has 9 heteroatoms. The van der Waals surface area contributed by atoms with Gasteiger partial charge in [-0.1, -0.05) is 18.2 Å². The number of amides is 4. The highest BCUT2D eigenvalue weighted by atomic mass is 16.5. The van der Waals surface area contributed by atoms with Crippen molar-refractivity contribution in [3.63, 3.8) is 0 Å². The van der Waals surface area contributed by atoms with Gasteiger partial charge in [-0.3, -0.25) is 14.9 Å². The lowest BCUT2D eigenvalue weighted by Gasteiger charge is -2.19. The number of carbonyl (C=O) groups excluding carboxylic acids is 4. The van der Waals surface area contributed by atoms with Crippen LogP contribution < -0.4 is 16.0 Å². The molecule has 0 aliphatic rings. The van der Waals surface area contributed by atoms with E-state index in [1.54, 1.807) is 6.20 Å². The number of carbonyl (C=O) groups is 4. The summed E-state index contributed by atoms with van der Waals surface area (Å²) in [6.07, 6.45) is 0.745. The van der Waals surface area contributed by atoms with Crippen LogP contribution in [0.1, 0.15) is 19.4 Å². The zero-order valence-electron chi connectivity index (χ0n) is 15.3. The largest absolute Gasteiger partial charge is 0.451 e. The number of rotatable bonds is 6. The zero-order valence-corrected chi connectivity index (χ0v) is 15.3. The fourth-order valence-corrected chi connectivity index (χ4v) is 2.54. The van der Waals surface area contributed by atoms with Crippen LogP contribution in [0, 0.1) is 0 Å². The smallest absolute Gasteiger partial charge is 0.329 e. The molecule has 0 saturated heterocycles. The fourth-order valence-electron chi connectivity index (χ4n) is 2.54. The van der Waals surface area contributed by atoms with Gasteiger partial charge in [-0.15, -0.1) is 0 Å². The minimum atomic E-state index is -1.20. The molecule has 9 nitrogen and oxygen atoms in total.